The van der Waals surface area contributed by atoms with Gasteiger partial charge in [0.05, 0.1) is 16.4 Å². The molecule has 2 nitrogen and oxygen atoms in total. The van der Waals surface area contributed by atoms with Gasteiger partial charge in [-0.2, -0.15) is 0 Å². The summed E-state index contributed by atoms with van der Waals surface area (Å²) in [5, 5.41) is 2.49. The van der Waals surface area contributed by atoms with E-state index in [9.17, 15) is 0 Å². The zero-order chi connectivity index (χ0) is 45.5. The molecule has 2 aliphatic rings. The van der Waals surface area contributed by atoms with E-state index in [1.165, 1.54) is 94.1 Å². The SMILES string of the molecule is c1ccc(-c2ccc(-n3c4ccccc4c4cc(-c5cccc(-c6cccc(N(c7ccccc7)c7ccc8c(c7)C7(c9ccccc9-c9ccccc97)c7ccccc7-8)c6)c5)ccc43)cc2)cc1. The van der Waals surface area contributed by atoms with Crippen molar-refractivity contribution in [3.8, 4) is 61.3 Å². The second-order valence-electron chi connectivity index (χ2n) is 18.4. The van der Waals surface area contributed by atoms with Crippen LogP contribution in [0.25, 0.3) is 83.1 Å². The lowest BCUT2D eigenvalue weighted by Gasteiger charge is -2.32. The van der Waals surface area contributed by atoms with Crippen LogP contribution < -0.4 is 4.90 Å². The highest BCUT2D eigenvalue weighted by molar-refractivity contribution is 6.10. The lowest BCUT2D eigenvalue weighted by molar-refractivity contribution is 0.793. The minimum absolute atomic E-state index is 0.425. The Balaban J connectivity index is 0.862. The summed E-state index contributed by atoms with van der Waals surface area (Å²) < 4.78 is 2.40. The van der Waals surface area contributed by atoms with Crippen molar-refractivity contribution in [2.24, 2.45) is 0 Å². The lowest BCUT2D eigenvalue weighted by atomic mass is 9.70. The van der Waals surface area contributed by atoms with Gasteiger partial charge in [0.25, 0.3) is 0 Å². The van der Waals surface area contributed by atoms with Gasteiger partial charge in [-0.25, -0.2) is 0 Å². The number of benzene rings is 11. The molecule has 14 rings (SSSR count). The molecular formula is C67H44N2. The minimum atomic E-state index is -0.425. The van der Waals surface area contributed by atoms with Gasteiger partial charge in [-0.05, 0) is 151 Å². The van der Waals surface area contributed by atoms with Crippen LogP contribution in [0.3, 0.4) is 0 Å². The van der Waals surface area contributed by atoms with Crippen LogP contribution in [0.4, 0.5) is 17.1 Å². The van der Waals surface area contributed by atoms with Crippen molar-refractivity contribution < 1.29 is 0 Å². The summed E-state index contributed by atoms with van der Waals surface area (Å²) >= 11 is 0. The number of rotatable bonds is 7. The first-order valence-electron chi connectivity index (χ1n) is 23.9. The summed E-state index contributed by atoms with van der Waals surface area (Å²) in [6, 6.07) is 98.4. The summed E-state index contributed by atoms with van der Waals surface area (Å²) in [5.41, 5.74) is 24.2. The monoisotopic (exact) mass is 876 g/mol. The molecule has 2 aliphatic carbocycles. The van der Waals surface area contributed by atoms with E-state index in [1.54, 1.807) is 0 Å². The Kier molecular flexibility index (Phi) is 8.84. The molecule has 11 aromatic carbocycles. The molecule has 1 aromatic heterocycles. The van der Waals surface area contributed by atoms with Gasteiger partial charge >= 0.3 is 0 Å². The quantitative estimate of drug-likeness (QED) is 0.155. The number of nitrogens with zero attached hydrogens (tertiary/aromatic N) is 2. The molecule has 0 aliphatic heterocycles. The average Bonchev–Trinajstić information content (AvgIpc) is 4.03. The third kappa shape index (κ3) is 5.99. The van der Waals surface area contributed by atoms with Gasteiger partial charge in [-0.1, -0.05) is 194 Å². The Labute approximate surface area is 402 Å². The van der Waals surface area contributed by atoms with Crippen molar-refractivity contribution in [2.45, 2.75) is 5.41 Å². The first-order valence-corrected chi connectivity index (χ1v) is 23.9. The first-order chi connectivity index (χ1) is 34.2. The third-order valence-corrected chi connectivity index (χ3v) is 14.8. The molecular weight excluding hydrogens is 833 g/mol. The van der Waals surface area contributed by atoms with Crippen LogP contribution >= 0.6 is 0 Å². The molecule has 0 atom stereocenters. The fourth-order valence-corrected chi connectivity index (χ4v) is 11.8. The molecule has 0 radical (unpaired) electrons. The second kappa shape index (κ2) is 15.6. The number of aromatic nitrogens is 1. The van der Waals surface area contributed by atoms with E-state index in [4.69, 9.17) is 0 Å². The molecule has 0 saturated carbocycles. The summed E-state index contributed by atoms with van der Waals surface area (Å²) in [6.45, 7) is 0. The van der Waals surface area contributed by atoms with E-state index < -0.39 is 5.41 Å². The van der Waals surface area contributed by atoms with Crippen LogP contribution in [-0.2, 0) is 5.41 Å². The fraction of sp³-hybridized carbons (Fsp3) is 0.0149. The van der Waals surface area contributed by atoms with Crippen LogP contribution in [-0.4, -0.2) is 4.57 Å². The van der Waals surface area contributed by atoms with Crippen LogP contribution in [0.15, 0.2) is 267 Å². The number of hydrogen-bond donors (Lipinski definition) is 0. The number of para-hydroxylation sites is 2. The highest BCUT2D eigenvalue weighted by atomic mass is 15.1. The smallest absolute Gasteiger partial charge is 0.0726 e. The highest BCUT2D eigenvalue weighted by Gasteiger charge is 2.51. The molecule has 0 amide bonds. The largest absolute Gasteiger partial charge is 0.310 e. The fourth-order valence-electron chi connectivity index (χ4n) is 11.8. The van der Waals surface area contributed by atoms with Gasteiger partial charge in [-0.3, -0.25) is 0 Å². The highest BCUT2D eigenvalue weighted by Crippen LogP contribution is 2.63. The first kappa shape index (κ1) is 39.2. The summed E-state index contributed by atoms with van der Waals surface area (Å²) in [5.74, 6) is 0. The van der Waals surface area contributed by atoms with Crippen LogP contribution in [0.1, 0.15) is 22.3 Å². The molecule has 0 N–H and O–H groups in total. The van der Waals surface area contributed by atoms with Crippen molar-refractivity contribution in [2.75, 3.05) is 4.90 Å². The molecule has 0 fully saturated rings. The van der Waals surface area contributed by atoms with Crippen molar-refractivity contribution in [3.63, 3.8) is 0 Å². The predicted molar refractivity (Wildman–Crippen MR) is 288 cm³/mol. The molecule has 322 valence electrons. The molecule has 69 heavy (non-hydrogen) atoms. The number of fused-ring (bicyclic) bond motifs is 13. The minimum Gasteiger partial charge on any atom is -0.310 e. The van der Waals surface area contributed by atoms with Crippen molar-refractivity contribution in [1.29, 1.82) is 0 Å². The van der Waals surface area contributed by atoms with E-state index in [1.807, 2.05) is 0 Å². The van der Waals surface area contributed by atoms with Gasteiger partial charge in [0.1, 0.15) is 0 Å². The number of hydrogen-bond acceptors (Lipinski definition) is 1. The maximum Gasteiger partial charge on any atom is 0.0726 e. The van der Waals surface area contributed by atoms with Crippen molar-refractivity contribution >= 4 is 38.9 Å². The molecule has 0 bridgehead atoms. The molecule has 1 heterocycles. The standard InChI is InChI=1S/C67H44N2/c1-3-17-45(18-4-1)46-33-36-52(37-34-46)69-65-32-14-10-28-59(65)60-43-50(35-40-66(60)69)48-20-15-19-47(41-48)49-21-16-24-53(42-49)68(51-22-5-2-6-23-51)54-38-39-58-57-27-9-13-31-63(57)67(64(58)44-54)61-29-11-7-25-55(61)56-26-8-12-30-62(56)67/h1-44H. The molecule has 0 unspecified atom stereocenters. The zero-order valence-corrected chi connectivity index (χ0v) is 37.8. The van der Waals surface area contributed by atoms with Gasteiger partial charge in [0.15, 0.2) is 0 Å². The molecule has 12 aromatic rings. The topological polar surface area (TPSA) is 8.17 Å². The molecule has 1 spiro atoms. The van der Waals surface area contributed by atoms with E-state index in [0.717, 1.165) is 28.3 Å². The lowest BCUT2D eigenvalue weighted by Crippen LogP contribution is -2.26. The van der Waals surface area contributed by atoms with Gasteiger partial charge in [0, 0.05) is 33.5 Å². The average molecular weight is 877 g/mol. The maximum absolute atomic E-state index is 2.47. The summed E-state index contributed by atoms with van der Waals surface area (Å²) in [4.78, 5) is 2.43. The normalized spacial score (nSPS) is 12.8. The second-order valence-corrected chi connectivity index (χ2v) is 18.4. The predicted octanol–water partition coefficient (Wildman–Crippen LogP) is 17.6. The number of anilines is 3. The van der Waals surface area contributed by atoms with Crippen LogP contribution in [0.5, 0.6) is 0 Å². The Morgan fingerprint density at radius 2 is 0.725 bits per heavy atom. The molecule has 0 saturated heterocycles. The third-order valence-electron chi connectivity index (χ3n) is 14.8. The van der Waals surface area contributed by atoms with E-state index in [-0.39, 0.29) is 0 Å². The van der Waals surface area contributed by atoms with E-state index in [0.29, 0.717) is 0 Å². The summed E-state index contributed by atoms with van der Waals surface area (Å²) in [6.07, 6.45) is 0. The van der Waals surface area contributed by atoms with Crippen LogP contribution in [0, 0.1) is 0 Å². The van der Waals surface area contributed by atoms with E-state index >= 15 is 0 Å². The maximum atomic E-state index is 2.47. The van der Waals surface area contributed by atoms with Gasteiger partial charge in [0.2, 0.25) is 0 Å². The van der Waals surface area contributed by atoms with Crippen LogP contribution in [0.2, 0.25) is 0 Å². The van der Waals surface area contributed by atoms with Gasteiger partial charge < -0.3 is 9.47 Å². The Bertz CT molecular complexity index is 3890. The van der Waals surface area contributed by atoms with Crippen molar-refractivity contribution in [1.82, 2.24) is 4.57 Å². The van der Waals surface area contributed by atoms with Gasteiger partial charge in [-0.15, -0.1) is 0 Å². The zero-order valence-electron chi connectivity index (χ0n) is 37.8. The van der Waals surface area contributed by atoms with E-state index in [2.05, 4.69) is 276 Å². The van der Waals surface area contributed by atoms with Crippen molar-refractivity contribution in [3.05, 3.63) is 289 Å². The Hall–Kier alpha value is -8.98. The Morgan fingerprint density at radius 3 is 1.41 bits per heavy atom. The summed E-state index contributed by atoms with van der Waals surface area (Å²) in [7, 11) is 0. The molecule has 2 heteroatoms. The Morgan fingerprint density at radius 1 is 0.261 bits per heavy atom.